The Hall–Kier alpha value is -1.06. The summed E-state index contributed by atoms with van der Waals surface area (Å²) in [7, 11) is 0. The second kappa shape index (κ2) is 5.62. The summed E-state index contributed by atoms with van der Waals surface area (Å²) in [6.07, 6.45) is 3.63. The average Bonchev–Trinajstić information content (AvgIpc) is 2.97. The molecule has 14 heavy (non-hydrogen) atoms. The first-order valence-electron chi connectivity index (χ1n) is 4.95. The molecule has 1 aliphatic rings. The molecule has 1 rings (SSSR count). The molecule has 5 nitrogen and oxygen atoms in total. The average molecular weight is 197 g/mol. The van der Waals surface area contributed by atoms with Gasteiger partial charge in [0.25, 0.3) is 0 Å². The minimum absolute atomic E-state index is 0.114. The van der Waals surface area contributed by atoms with Crippen LogP contribution in [0.2, 0.25) is 0 Å². The van der Waals surface area contributed by atoms with E-state index in [2.05, 4.69) is 16.9 Å². The summed E-state index contributed by atoms with van der Waals surface area (Å²) in [5, 5.41) is 3.47. The molecule has 0 aliphatic carbocycles. The van der Waals surface area contributed by atoms with Crippen LogP contribution in [-0.2, 0) is 9.53 Å². The number of nitrogens with zero attached hydrogens (tertiary/aromatic N) is 3. The standard InChI is InChI=1S/C9H15N3O2/c1-2-7(4-3-5-11-12-10)9-8(6-13)14-9/h6-9H,2-5H2,1H3/t7-,8?,9-/m1/s1. The molecule has 1 saturated heterocycles. The molecule has 0 N–H and O–H groups in total. The van der Waals surface area contributed by atoms with Crippen LogP contribution in [0.1, 0.15) is 26.2 Å². The zero-order valence-corrected chi connectivity index (χ0v) is 8.30. The topological polar surface area (TPSA) is 78.4 Å². The summed E-state index contributed by atoms with van der Waals surface area (Å²) < 4.78 is 5.20. The fourth-order valence-corrected chi connectivity index (χ4v) is 1.69. The van der Waals surface area contributed by atoms with Crippen LogP contribution < -0.4 is 0 Å². The molecule has 0 aromatic rings. The number of rotatable bonds is 7. The van der Waals surface area contributed by atoms with Gasteiger partial charge in [-0.25, -0.2) is 0 Å². The van der Waals surface area contributed by atoms with E-state index in [9.17, 15) is 4.79 Å². The molecule has 0 saturated carbocycles. The normalized spacial score (nSPS) is 26.4. The third-order valence-corrected chi connectivity index (χ3v) is 2.58. The lowest BCUT2D eigenvalue weighted by Gasteiger charge is -2.09. The van der Waals surface area contributed by atoms with Gasteiger partial charge in [0.2, 0.25) is 0 Å². The van der Waals surface area contributed by atoms with Gasteiger partial charge in [0.1, 0.15) is 6.10 Å². The van der Waals surface area contributed by atoms with Gasteiger partial charge in [-0.3, -0.25) is 0 Å². The second-order valence-electron chi connectivity index (χ2n) is 3.47. The van der Waals surface area contributed by atoms with Gasteiger partial charge in [-0.15, -0.1) is 0 Å². The molecule has 1 heterocycles. The van der Waals surface area contributed by atoms with E-state index in [1.54, 1.807) is 0 Å². The smallest absolute Gasteiger partial charge is 0.151 e. The SMILES string of the molecule is CC[C@H](CCCN=[N+]=[N-])[C@H]1OC1C=O. The van der Waals surface area contributed by atoms with Crippen molar-refractivity contribution in [2.24, 2.45) is 11.0 Å². The van der Waals surface area contributed by atoms with E-state index in [4.69, 9.17) is 10.3 Å². The molecular weight excluding hydrogens is 182 g/mol. The molecule has 3 atom stereocenters. The highest BCUT2D eigenvalue weighted by atomic mass is 16.6. The van der Waals surface area contributed by atoms with E-state index in [0.29, 0.717) is 12.5 Å². The summed E-state index contributed by atoms with van der Waals surface area (Å²) in [5.74, 6) is 0.430. The molecule has 0 radical (unpaired) electrons. The number of hydrogen-bond donors (Lipinski definition) is 0. The van der Waals surface area contributed by atoms with Gasteiger partial charge in [-0.2, -0.15) is 0 Å². The maximum absolute atomic E-state index is 10.4. The molecule has 5 heteroatoms. The van der Waals surface area contributed by atoms with Gasteiger partial charge >= 0.3 is 0 Å². The summed E-state index contributed by atoms with van der Waals surface area (Å²) in [6.45, 7) is 2.62. The highest BCUT2D eigenvalue weighted by Gasteiger charge is 2.43. The fourth-order valence-electron chi connectivity index (χ4n) is 1.69. The molecule has 1 aliphatic heterocycles. The predicted molar refractivity (Wildman–Crippen MR) is 51.8 cm³/mol. The van der Waals surface area contributed by atoms with Crippen LogP contribution in [0.4, 0.5) is 0 Å². The number of epoxide rings is 1. The number of azide groups is 1. The summed E-state index contributed by atoms with van der Waals surface area (Å²) in [5.41, 5.74) is 8.08. The van der Waals surface area contributed by atoms with Crippen molar-refractivity contribution in [3.05, 3.63) is 10.4 Å². The van der Waals surface area contributed by atoms with Gasteiger partial charge < -0.3 is 9.53 Å². The van der Waals surface area contributed by atoms with Gasteiger partial charge in [0.05, 0.1) is 6.10 Å². The van der Waals surface area contributed by atoms with Crippen molar-refractivity contribution >= 4 is 6.29 Å². The number of hydrogen-bond acceptors (Lipinski definition) is 3. The Morgan fingerprint density at radius 1 is 1.71 bits per heavy atom. The third-order valence-electron chi connectivity index (χ3n) is 2.58. The molecule has 78 valence electrons. The minimum atomic E-state index is -0.181. The van der Waals surface area contributed by atoms with Crippen LogP contribution in [0.3, 0.4) is 0 Å². The summed E-state index contributed by atoms with van der Waals surface area (Å²) in [4.78, 5) is 13.1. The zero-order chi connectivity index (χ0) is 10.4. The van der Waals surface area contributed by atoms with Crippen molar-refractivity contribution in [1.29, 1.82) is 0 Å². The Morgan fingerprint density at radius 3 is 3.00 bits per heavy atom. The van der Waals surface area contributed by atoms with Crippen LogP contribution in [0.15, 0.2) is 5.11 Å². The minimum Gasteiger partial charge on any atom is -0.361 e. The highest BCUT2D eigenvalue weighted by Crippen LogP contribution is 2.32. The second-order valence-corrected chi connectivity index (χ2v) is 3.47. The lowest BCUT2D eigenvalue weighted by atomic mass is 9.95. The number of carbonyl (C=O) groups excluding carboxylic acids is 1. The maximum atomic E-state index is 10.4. The van der Waals surface area contributed by atoms with Crippen molar-refractivity contribution in [3.8, 4) is 0 Å². The van der Waals surface area contributed by atoms with Crippen LogP contribution >= 0.6 is 0 Å². The first-order chi connectivity index (χ1) is 6.83. The van der Waals surface area contributed by atoms with E-state index in [1.165, 1.54) is 0 Å². The molecule has 1 unspecified atom stereocenters. The number of aldehydes is 1. The van der Waals surface area contributed by atoms with E-state index in [1.807, 2.05) is 0 Å². The van der Waals surface area contributed by atoms with Crippen molar-refractivity contribution in [2.45, 2.75) is 38.4 Å². The molecule has 0 aromatic carbocycles. The lowest BCUT2D eigenvalue weighted by molar-refractivity contribution is -0.108. The monoisotopic (exact) mass is 197 g/mol. The van der Waals surface area contributed by atoms with Crippen molar-refractivity contribution in [1.82, 2.24) is 0 Å². The third kappa shape index (κ3) is 3.01. The lowest BCUT2D eigenvalue weighted by Crippen LogP contribution is -2.11. The van der Waals surface area contributed by atoms with Crippen molar-refractivity contribution in [2.75, 3.05) is 6.54 Å². The molecular formula is C9H15N3O2. The Kier molecular flexibility index (Phi) is 4.43. The predicted octanol–water partition coefficient (Wildman–Crippen LogP) is 2.07. The Bertz CT molecular complexity index is 238. The Balaban J connectivity index is 2.19. The van der Waals surface area contributed by atoms with Crippen molar-refractivity contribution in [3.63, 3.8) is 0 Å². The van der Waals surface area contributed by atoms with Gasteiger partial charge in [-0.05, 0) is 24.3 Å². The van der Waals surface area contributed by atoms with Crippen LogP contribution in [0, 0.1) is 5.92 Å². The van der Waals surface area contributed by atoms with Gasteiger partial charge in [0, 0.05) is 11.5 Å². The first kappa shape index (κ1) is 11.0. The maximum Gasteiger partial charge on any atom is 0.151 e. The quantitative estimate of drug-likeness (QED) is 0.156. The summed E-state index contributed by atoms with van der Waals surface area (Å²) >= 11 is 0. The Morgan fingerprint density at radius 2 is 2.50 bits per heavy atom. The first-order valence-corrected chi connectivity index (χ1v) is 4.95. The van der Waals surface area contributed by atoms with Gasteiger partial charge in [-0.1, -0.05) is 18.5 Å². The molecule has 0 spiro atoms. The van der Waals surface area contributed by atoms with E-state index in [-0.39, 0.29) is 12.2 Å². The molecule has 0 aromatic heterocycles. The number of ether oxygens (including phenoxy) is 1. The van der Waals surface area contributed by atoms with Crippen LogP contribution in [-0.4, -0.2) is 25.0 Å². The van der Waals surface area contributed by atoms with Gasteiger partial charge in [0.15, 0.2) is 6.29 Å². The molecule has 0 amide bonds. The van der Waals surface area contributed by atoms with E-state index in [0.717, 1.165) is 25.5 Å². The van der Waals surface area contributed by atoms with Crippen molar-refractivity contribution < 1.29 is 9.53 Å². The molecule has 0 bridgehead atoms. The Labute approximate surface area is 83.1 Å². The van der Waals surface area contributed by atoms with Crippen LogP contribution in [0.25, 0.3) is 10.4 Å². The largest absolute Gasteiger partial charge is 0.361 e. The summed E-state index contributed by atoms with van der Waals surface area (Å²) in [6, 6.07) is 0. The highest BCUT2D eigenvalue weighted by molar-refractivity contribution is 5.60. The molecule has 1 fully saturated rings. The zero-order valence-electron chi connectivity index (χ0n) is 8.30. The number of carbonyl (C=O) groups is 1. The fraction of sp³-hybridized carbons (Fsp3) is 0.889. The van der Waals surface area contributed by atoms with E-state index < -0.39 is 0 Å². The van der Waals surface area contributed by atoms with E-state index >= 15 is 0 Å². The van der Waals surface area contributed by atoms with Crippen LogP contribution in [0.5, 0.6) is 0 Å².